The zero-order valence-corrected chi connectivity index (χ0v) is 39.7. The standard InChI is InChI=1S/C18H15P.6FH.12H2O.6O.6Sb/c1-4-10-16(11-5-1)19(17-12-6-2-7-13-17)18-14-8-3-9-15-18;;;;;;;;;;;;;;;;;;;;;;;;;;;;;;/h1-15H;6*1H;12*1H2;;;;;;;;;;;;/q;;;;;;;;;;;;;;;;;;;;;;;;;6*+3/p-17. The third kappa shape index (κ3) is 79.0. The van der Waals surface area contributed by atoms with Crippen LogP contribution in [0, 0.1) is 0 Å². The Morgan fingerprint density at radius 3 is 0.510 bits per heavy atom. The van der Waals surface area contributed by atoms with Gasteiger partial charge in [0.25, 0.3) is 0 Å². The Bertz CT molecular complexity index is 1280. The van der Waals surface area contributed by atoms with E-state index in [0.717, 1.165) is 0 Å². The molecule has 0 bridgehead atoms. The molecule has 3 rings (SSSR count). The molecule has 3 aromatic rings. The van der Waals surface area contributed by atoms with Crippen LogP contribution in [0.3, 0.4) is 0 Å². The van der Waals surface area contributed by atoms with Crippen molar-refractivity contribution in [3.63, 3.8) is 0 Å². The molecular formula is C18H28F6O18PSb6+. The Morgan fingerprint density at radius 1 is 0.306 bits per heavy atom. The van der Waals surface area contributed by atoms with Gasteiger partial charge in [0.2, 0.25) is 0 Å². The first-order valence-electron chi connectivity index (χ1n) is 11.0. The Balaban J connectivity index is -0.000000280. The van der Waals surface area contributed by atoms with Gasteiger partial charge in [-0.25, -0.2) is 0 Å². The second-order valence-corrected chi connectivity index (χ2v) is 26.0. The number of benzene rings is 3. The van der Waals surface area contributed by atoms with E-state index in [9.17, 15) is 16.9 Å². The molecule has 0 aliphatic heterocycles. The number of hydrogen-bond donors (Lipinski definition) is 12. The zero-order valence-electron chi connectivity index (χ0n) is 23.4. The van der Waals surface area contributed by atoms with Crippen molar-refractivity contribution in [3.05, 3.63) is 91.0 Å². The van der Waals surface area contributed by atoms with Crippen LogP contribution in [0.2, 0.25) is 0 Å². The van der Waals surface area contributed by atoms with E-state index in [-0.39, 0.29) is 0 Å². The van der Waals surface area contributed by atoms with E-state index in [1.807, 2.05) is 0 Å². The fourth-order valence-corrected chi connectivity index (χ4v) is 4.89. The maximum absolute atomic E-state index is 10.4. The van der Waals surface area contributed by atoms with Crippen molar-refractivity contribution in [2.45, 2.75) is 0 Å². The Kier molecular flexibility index (Phi) is 31.8. The van der Waals surface area contributed by atoms with Gasteiger partial charge in [-0.05, 0) is 36.4 Å². The summed E-state index contributed by atoms with van der Waals surface area (Å²) in [5.41, 5.74) is 0. The Labute approximate surface area is 307 Å². The van der Waals surface area contributed by atoms with Gasteiger partial charge in [0.15, 0.2) is 0 Å². The summed E-state index contributed by atoms with van der Waals surface area (Å²) in [6.45, 7) is 0. The summed E-state index contributed by atoms with van der Waals surface area (Å²) in [6, 6.07) is 32.5. The summed E-state index contributed by atoms with van der Waals surface area (Å²) < 4.78 is 200. The summed E-state index contributed by atoms with van der Waals surface area (Å²) in [5, 5.41) is 4.31. The SMILES string of the molecule is [O]=[Sb]([OH])([OH])[F].[O]=[Sb]([OH])([OH])[F].[O]=[Sb]([OH])([OH])[F].[O]=[Sb]([OH])([OH])[F].[O]=[Sb]([OH])([OH])[F].[O]=[Sb]([OH])([OH])[F].c1ccc([PH+](c2ccccc2)c2ccccc2)cc1. The van der Waals surface area contributed by atoms with Gasteiger partial charge in [0.05, 0.1) is 7.92 Å². The van der Waals surface area contributed by atoms with E-state index in [1.54, 1.807) is 0 Å². The van der Waals surface area contributed by atoms with Crippen LogP contribution in [0.25, 0.3) is 0 Å². The maximum Gasteiger partial charge on any atom is 0.102 e. The fraction of sp³-hybridized carbons (Fsp3) is 0. The van der Waals surface area contributed by atoms with Crippen LogP contribution in [0.1, 0.15) is 0 Å². The molecule has 0 aliphatic carbocycles. The molecular weight excluding hydrogens is 1380 g/mol. The largest absolute Gasteiger partial charge is 0.102 e. The van der Waals surface area contributed by atoms with Crippen LogP contribution < -0.4 is 15.9 Å². The third-order valence-electron chi connectivity index (χ3n) is 3.19. The quantitative estimate of drug-likeness (QED) is 0.0676. The number of hydrogen-bond acceptors (Lipinski definition) is 6. The van der Waals surface area contributed by atoms with Gasteiger partial charge < -0.3 is 0 Å². The molecule has 49 heavy (non-hydrogen) atoms. The molecule has 0 amide bonds. The molecule has 0 unspecified atom stereocenters. The van der Waals surface area contributed by atoms with Crippen LogP contribution in [-0.4, -0.2) is 162 Å². The Morgan fingerprint density at radius 2 is 0.408 bits per heavy atom. The van der Waals surface area contributed by atoms with E-state index < -0.39 is 129 Å². The van der Waals surface area contributed by atoms with Gasteiger partial charge in [-0.3, -0.25) is 0 Å². The molecule has 0 heterocycles. The van der Waals surface area contributed by atoms with Crippen LogP contribution >= 0.6 is 7.92 Å². The smallest absolute Gasteiger partial charge is 0.0620 e. The predicted molar refractivity (Wildman–Crippen MR) is 158 cm³/mol. The maximum atomic E-state index is 10.4. The molecule has 0 saturated carbocycles. The first-order valence-corrected chi connectivity index (χ1v) is 38.2. The van der Waals surface area contributed by atoms with Gasteiger partial charge >= 0.3 is 197 Å². The van der Waals surface area contributed by atoms with Gasteiger partial charge in [0.1, 0.15) is 15.9 Å². The van der Waals surface area contributed by atoms with Gasteiger partial charge in [-0.1, -0.05) is 54.6 Å². The van der Waals surface area contributed by atoms with Gasteiger partial charge in [-0.15, -0.1) is 0 Å². The van der Waals surface area contributed by atoms with Crippen molar-refractivity contribution in [3.8, 4) is 0 Å². The summed E-state index contributed by atoms with van der Waals surface area (Å²) in [7, 11) is -0.877. The molecule has 0 fully saturated rings. The zero-order chi connectivity index (χ0) is 39.9. The molecule has 284 valence electrons. The number of halogens is 6. The van der Waals surface area contributed by atoms with Crippen LogP contribution in [0.4, 0.5) is 16.9 Å². The van der Waals surface area contributed by atoms with Crippen molar-refractivity contribution in [2.75, 3.05) is 0 Å². The first kappa shape index (κ1) is 56.6. The molecule has 0 spiro atoms. The van der Waals surface area contributed by atoms with Gasteiger partial charge in [-0.2, -0.15) is 0 Å². The summed E-state index contributed by atoms with van der Waals surface area (Å²) in [5.74, 6) is 0. The van der Waals surface area contributed by atoms with E-state index >= 15 is 0 Å². The Hall–Kier alpha value is 0.899. The molecule has 18 nitrogen and oxygen atoms in total. The molecule has 0 atom stereocenters. The van der Waals surface area contributed by atoms with Crippen LogP contribution in [0.15, 0.2) is 91.0 Å². The summed E-state index contributed by atoms with van der Waals surface area (Å²) >= 11 is -35.1. The first-order chi connectivity index (χ1) is 21.4. The number of rotatable bonds is 3. The molecule has 12 N–H and O–H groups in total. The van der Waals surface area contributed by atoms with E-state index in [1.165, 1.54) is 15.9 Å². The van der Waals surface area contributed by atoms with Crippen molar-refractivity contribution in [1.29, 1.82) is 0 Å². The van der Waals surface area contributed by atoms with Crippen molar-refractivity contribution < 1.29 is 75.6 Å². The van der Waals surface area contributed by atoms with E-state index in [4.69, 9.17) is 58.7 Å². The van der Waals surface area contributed by atoms with Crippen molar-refractivity contribution in [1.82, 2.24) is 0 Å². The summed E-state index contributed by atoms with van der Waals surface area (Å²) in [6.07, 6.45) is 0. The minimum absolute atomic E-state index is 0.877. The topological polar surface area (TPSA) is 345 Å². The van der Waals surface area contributed by atoms with Crippen molar-refractivity contribution in [2.24, 2.45) is 0 Å². The fourth-order valence-electron chi connectivity index (χ4n) is 2.31. The van der Waals surface area contributed by atoms with Crippen molar-refractivity contribution >= 4 is 145 Å². The second kappa shape index (κ2) is 27.5. The predicted octanol–water partition coefficient (Wildman–Crippen LogP) is -3.98. The second-order valence-electron chi connectivity index (χ2n) is 7.31. The average Bonchev–Trinajstić information content (AvgIpc) is 2.80. The minimum Gasteiger partial charge on any atom is -0.0620 e. The third-order valence-corrected chi connectivity index (χ3v) is 5.92. The van der Waals surface area contributed by atoms with E-state index in [2.05, 4.69) is 91.0 Å². The van der Waals surface area contributed by atoms with E-state index in [0.29, 0.717) is 0 Å². The minimum atomic E-state index is -5.85. The molecule has 0 aliphatic rings. The van der Waals surface area contributed by atoms with Crippen LogP contribution in [0.5, 0.6) is 0 Å². The normalized spacial score (nSPS) is 11.3. The van der Waals surface area contributed by atoms with Gasteiger partial charge in [0, 0.05) is 0 Å². The molecule has 0 saturated heterocycles. The summed E-state index contributed by atoms with van der Waals surface area (Å²) in [4.78, 5) is 0. The average molecular weight is 1410 g/mol. The molecule has 31 heteroatoms. The molecule has 0 radical (unpaired) electrons. The monoisotopic (exact) mass is 1400 g/mol. The van der Waals surface area contributed by atoms with Crippen LogP contribution in [-0.2, 0) is 18.1 Å². The molecule has 0 aromatic heterocycles. The molecule has 3 aromatic carbocycles.